The van der Waals surface area contributed by atoms with Crippen LogP contribution in [0.1, 0.15) is 10.4 Å². The summed E-state index contributed by atoms with van der Waals surface area (Å²) in [6, 6.07) is 9.42. The molecule has 2 aromatic rings. The Morgan fingerprint density at radius 2 is 2.00 bits per heavy atom. The molecule has 2 aromatic carbocycles. The highest BCUT2D eigenvalue weighted by Crippen LogP contribution is 2.25. The number of halogens is 2. The van der Waals surface area contributed by atoms with Crippen molar-refractivity contribution in [3.63, 3.8) is 0 Å². The Morgan fingerprint density at radius 1 is 1.24 bits per heavy atom. The van der Waals surface area contributed by atoms with Crippen molar-refractivity contribution in [2.75, 3.05) is 26.2 Å². The number of carbonyl (C=O) groups excluding carboxylic acids is 1. The van der Waals surface area contributed by atoms with E-state index < -0.39 is 11.6 Å². The standard InChI is InChI=1S/C18H18F2N2O3/c19-13-3-6-17(16(20)9-13)25-14-4-1-12(2-5-14)18(23)22-7-8-24-15(10-21)11-22/h1-6,9,15H,7-8,10-11,21H2. The Bertz CT molecular complexity index is 752. The Hall–Kier alpha value is -2.51. The molecule has 7 heteroatoms. The number of ether oxygens (including phenoxy) is 2. The van der Waals surface area contributed by atoms with E-state index in [9.17, 15) is 13.6 Å². The molecule has 1 aliphatic rings. The normalized spacial score (nSPS) is 17.4. The van der Waals surface area contributed by atoms with E-state index in [0.717, 1.165) is 12.1 Å². The van der Waals surface area contributed by atoms with Gasteiger partial charge in [0.15, 0.2) is 11.6 Å². The summed E-state index contributed by atoms with van der Waals surface area (Å²) in [5, 5.41) is 0. The average molecular weight is 348 g/mol. The first-order valence-corrected chi connectivity index (χ1v) is 7.90. The maximum absolute atomic E-state index is 13.6. The fraction of sp³-hybridized carbons (Fsp3) is 0.278. The third-order valence-corrected chi connectivity index (χ3v) is 3.91. The predicted octanol–water partition coefficient (Wildman–Crippen LogP) is 2.56. The first-order chi connectivity index (χ1) is 12.1. The lowest BCUT2D eigenvalue weighted by Crippen LogP contribution is -2.48. The van der Waals surface area contributed by atoms with Gasteiger partial charge in [-0.3, -0.25) is 4.79 Å². The van der Waals surface area contributed by atoms with Crippen LogP contribution in [0, 0.1) is 11.6 Å². The molecule has 0 bridgehead atoms. The van der Waals surface area contributed by atoms with E-state index in [2.05, 4.69) is 0 Å². The minimum absolute atomic E-state index is 0.0838. The van der Waals surface area contributed by atoms with Gasteiger partial charge in [0, 0.05) is 31.3 Å². The van der Waals surface area contributed by atoms with E-state index in [1.54, 1.807) is 29.2 Å². The molecule has 5 nitrogen and oxygen atoms in total. The molecule has 0 aromatic heterocycles. The van der Waals surface area contributed by atoms with Crippen LogP contribution in [0.25, 0.3) is 0 Å². The molecule has 1 amide bonds. The van der Waals surface area contributed by atoms with Gasteiger partial charge in [0.2, 0.25) is 0 Å². The van der Waals surface area contributed by atoms with Gasteiger partial charge in [-0.1, -0.05) is 0 Å². The summed E-state index contributed by atoms with van der Waals surface area (Å²) in [6.45, 7) is 1.78. The van der Waals surface area contributed by atoms with Crippen LogP contribution in [-0.2, 0) is 4.74 Å². The number of benzene rings is 2. The summed E-state index contributed by atoms with van der Waals surface area (Å²) in [5.74, 6) is -1.32. The Labute approximate surface area is 143 Å². The van der Waals surface area contributed by atoms with Gasteiger partial charge < -0.3 is 20.1 Å². The van der Waals surface area contributed by atoms with Gasteiger partial charge in [0.25, 0.3) is 5.91 Å². The number of rotatable bonds is 4. The molecular formula is C18H18F2N2O3. The Kier molecular flexibility index (Phi) is 5.25. The predicted molar refractivity (Wildman–Crippen MR) is 87.6 cm³/mol. The van der Waals surface area contributed by atoms with Crippen LogP contribution < -0.4 is 10.5 Å². The highest BCUT2D eigenvalue weighted by molar-refractivity contribution is 5.94. The van der Waals surface area contributed by atoms with E-state index in [1.165, 1.54) is 6.07 Å². The van der Waals surface area contributed by atoms with Crippen molar-refractivity contribution >= 4 is 5.91 Å². The zero-order valence-corrected chi connectivity index (χ0v) is 13.5. The first kappa shape index (κ1) is 17.3. The molecule has 132 valence electrons. The van der Waals surface area contributed by atoms with Crippen LogP contribution in [-0.4, -0.2) is 43.2 Å². The smallest absolute Gasteiger partial charge is 0.254 e. The fourth-order valence-electron chi connectivity index (χ4n) is 2.58. The van der Waals surface area contributed by atoms with E-state index in [-0.39, 0.29) is 17.8 Å². The van der Waals surface area contributed by atoms with Gasteiger partial charge in [0.05, 0.1) is 12.7 Å². The largest absolute Gasteiger partial charge is 0.454 e. The number of nitrogens with two attached hydrogens (primary N) is 1. The van der Waals surface area contributed by atoms with Crippen molar-refractivity contribution in [1.29, 1.82) is 0 Å². The number of amides is 1. The molecule has 3 rings (SSSR count). The second-order valence-electron chi connectivity index (χ2n) is 5.68. The molecule has 25 heavy (non-hydrogen) atoms. The highest BCUT2D eigenvalue weighted by atomic mass is 19.1. The minimum Gasteiger partial charge on any atom is -0.454 e. The maximum atomic E-state index is 13.6. The highest BCUT2D eigenvalue weighted by Gasteiger charge is 2.24. The zero-order valence-electron chi connectivity index (χ0n) is 13.5. The molecule has 0 aliphatic carbocycles. The molecule has 1 atom stereocenters. The Morgan fingerprint density at radius 3 is 2.68 bits per heavy atom. The van der Waals surface area contributed by atoms with Crippen molar-refractivity contribution in [1.82, 2.24) is 4.90 Å². The van der Waals surface area contributed by atoms with Gasteiger partial charge in [-0.2, -0.15) is 0 Å². The molecule has 0 spiro atoms. The summed E-state index contributed by atoms with van der Waals surface area (Å²) in [4.78, 5) is 14.2. The quantitative estimate of drug-likeness (QED) is 0.922. The molecule has 0 radical (unpaired) electrons. The number of hydrogen-bond acceptors (Lipinski definition) is 4. The molecular weight excluding hydrogens is 330 g/mol. The van der Waals surface area contributed by atoms with E-state index in [0.29, 0.717) is 37.6 Å². The molecule has 0 saturated carbocycles. The van der Waals surface area contributed by atoms with Gasteiger partial charge in [-0.05, 0) is 36.4 Å². The number of carbonyl (C=O) groups is 1. The lowest BCUT2D eigenvalue weighted by molar-refractivity contribution is -0.0167. The zero-order chi connectivity index (χ0) is 17.8. The second kappa shape index (κ2) is 7.58. The molecule has 1 unspecified atom stereocenters. The summed E-state index contributed by atoms with van der Waals surface area (Å²) in [7, 11) is 0. The molecule has 1 saturated heterocycles. The van der Waals surface area contributed by atoms with Crippen molar-refractivity contribution in [3.8, 4) is 11.5 Å². The fourth-order valence-corrected chi connectivity index (χ4v) is 2.58. The summed E-state index contributed by atoms with van der Waals surface area (Å²) in [6.07, 6.45) is -0.151. The van der Waals surface area contributed by atoms with Crippen LogP contribution in [0.15, 0.2) is 42.5 Å². The van der Waals surface area contributed by atoms with E-state index in [1.807, 2.05) is 0 Å². The van der Waals surface area contributed by atoms with Crippen LogP contribution in [0.3, 0.4) is 0 Å². The van der Waals surface area contributed by atoms with Crippen LogP contribution in [0.2, 0.25) is 0 Å². The lowest BCUT2D eigenvalue weighted by Gasteiger charge is -2.32. The summed E-state index contributed by atoms with van der Waals surface area (Å²) in [5.41, 5.74) is 6.08. The Balaban J connectivity index is 1.68. The van der Waals surface area contributed by atoms with Crippen molar-refractivity contribution in [3.05, 3.63) is 59.7 Å². The van der Waals surface area contributed by atoms with Crippen molar-refractivity contribution < 1.29 is 23.0 Å². The number of hydrogen-bond donors (Lipinski definition) is 1. The topological polar surface area (TPSA) is 64.8 Å². The number of morpholine rings is 1. The van der Waals surface area contributed by atoms with Gasteiger partial charge in [0.1, 0.15) is 11.6 Å². The van der Waals surface area contributed by atoms with Crippen LogP contribution in [0.5, 0.6) is 11.5 Å². The summed E-state index contributed by atoms with van der Waals surface area (Å²) >= 11 is 0. The van der Waals surface area contributed by atoms with Crippen molar-refractivity contribution in [2.24, 2.45) is 5.73 Å². The van der Waals surface area contributed by atoms with Crippen LogP contribution in [0.4, 0.5) is 8.78 Å². The lowest BCUT2D eigenvalue weighted by atomic mass is 10.1. The second-order valence-corrected chi connectivity index (χ2v) is 5.68. The average Bonchev–Trinajstić information content (AvgIpc) is 2.64. The molecule has 1 aliphatic heterocycles. The van der Waals surface area contributed by atoms with Gasteiger partial charge >= 0.3 is 0 Å². The minimum atomic E-state index is -0.790. The molecule has 2 N–H and O–H groups in total. The molecule has 1 heterocycles. The third-order valence-electron chi connectivity index (χ3n) is 3.91. The van der Waals surface area contributed by atoms with E-state index in [4.69, 9.17) is 15.2 Å². The van der Waals surface area contributed by atoms with Gasteiger partial charge in [-0.15, -0.1) is 0 Å². The maximum Gasteiger partial charge on any atom is 0.254 e. The SMILES string of the molecule is NCC1CN(C(=O)c2ccc(Oc3ccc(F)cc3F)cc2)CCO1. The monoisotopic (exact) mass is 348 g/mol. The first-order valence-electron chi connectivity index (χ1n) is 7.90. The van der Waals surface area contributed by atoms with Gasteiger partial charge in [-0.25, -0.2) is 8.78 Å². The molecule has 1 fully saturated rings. The van der Waals surface area contributed by atoms with Crippen LogP contribution >= 0.6 is 0 Å². The summed E-state index contributed by atoms with van der Waals surface area (Å²) < 4.78 is 37.3. The van der Waals surface area contributed by atoms with Crippen molar-refractivity contribution in [2.45, 2.75) is 6.10 Å². The number of nitrogens with zero attached hydrogens (tertiary/aromatic N) is 1. The van der Waals surface area contributed by atoms with E-state index >= 15 is 0 Å². The third kappa shape index (κ3) is 4.12.